The Labute approximate surface area is 175 Å². The van der Waals surface area contributed by atoms with Gasteiger partial charge in [0.2, 0.25) is 5.43 Å². The van der Waals surface area contributed by atoms with E-state index in [1.807, 2.05) is 13.8 Å². The van der Waals surface area contributed by atoms with Crippen LogP contribution in [0.25, 0.3) is 10.9 Å². The second kappa shape index (κ2) is 9.71. The average molecular weight is 419 g/mol. The number of hydrogen-bond donors (Lipinski definition) is 0. The topological polar surface area (TPSA) is 66.8 Å². The Morgan fingerprint density at radius 3 is 2.73 bits per heavy atom. The molecular weight excluding hydrogens is 389 g/mol. The van der Waals surface area contributed by atoms with Crippen molar-refractivity contribution in [2.75, 3.05) is 19.8 Å². The van der Waals surface area contributed by atoms with Gasteiger partial charge in [-0.1, -0.05) is 13.8 Å². The number of halogens is 1. The molecule has 2 aromatic rings. The first kappa shape index (κ1) is 22.4. The summed E-state index contributed by atoms with van der Waals surface area (Å²) in [6.07, 6.45) is 4.12. The Bertz CT molecular complexity index is 962. The van der Waals surface area contributed by atoms with Crippen LogP contribution < -0.4 is 5.43 Å². The highest BCUT2D eigenvalue weighted by Gasteiger charge is 2.25. The molecule has 0 bridgehead atoms. The van der Waals surface area contributed by atoms with Crippen LogP contribution in [0, 0.1) is 18.7 Å². The van der Waals surface area contributed by atoms with Crippen molar-refractivity contribution in [3.8, 4) is 0 Å². The SMILES string of the molecule is CCOC(=O)c1cn(C(COC2CCCCO2)C(C)C)c2cc(F)c(C)cc2c1=O. The lowest BCUT2D eigenvalue weighted by atomic mass is 10.0. The summed E-state index contributed by atoms with van der Waals surface area (Å²) in [5, 5.41) is 0.291. The molecule has 7 heteroatoms. The molecule has 164 valence electrons. The Balaban J connectivity index is 2.09. The van der Waals surface area contributed by atoms with E-state index in [9.17, 15) is 14.0 Å². The van der Waals surface area contributed by atoms with E-state index in [4.69, 9.17) is 14.2 Å². The fourth-order valence-electron chi connectivity index (χ4n) is 3.75. The zero-order valence-corrected chi connectivity index (χ0v) is 18.1. The van der Waals surface area contributed by atoms with Crippen molar-refractivity contribution in [1.82, 2.24) is 4.57 Å². The number of esters is 1. The number of carbonyl (C=O) groups excluding carboxylic acids is 1. The van der Waals surface area contributed by atoms with Gasteiger partial charge in [0.1, 0.15) is 11.4 Å². The van der Waals surface area contributed by atoms with E-state index >= 15 is 0 Å². The summed E-state index contributed by atoms with van der Waals surface area (Å²) in [4.78, 5) is 25.4. The van der Waals surface area contributed by atoms with E-state index in [0.29, 0.717) is 29.7 Å². The molecule has 1 aromatic heterocycles. The summed E-state index contributed by atoms with van der Waals surface area (Å²) in [5.74, 6) is -0.989. The minimum Gasteiger partial charge on any atom is -0.462 e. The zero-order valence-electron chi connectivity index (χ0n) is 18.1. The molecular formula is C23H30FNO5. The lowest BCUT2D eigenvalue weighted by Crippen LogP contribution is -2.30. The minimum absolute atomic E-state index is 0.0603. The number of nitrogens with zero attached hydrogens (tertiary/aromatic N) is 1. The van der Waals surface area contributed by atoms with Gasteiger partial charge in [-0.2, -0.15) is 0 Å². The van der Waals surface area contributed by atoms with Crippen LogP contribution in [-0.4, -0.2) is 36.6 Å². The predicted molar refractivity (Wildman–Crippen MR) is 112 cm³/mol. The van der Waals surface area contributed by atoms with Crippen LogP contribution in [0.2, 0.25) is 0 Å². The largest absolute Gasteiger partial charge is 0.462 e. The Hall–Kier alpha value is -2.25. The van der Waals surface area contributed by atoms with E-state index in [1.165, 1.54) is 18.3 Å². The molecule has 0 N–H and O–H groups in total. The summed E-state index contributed by atoms with van der Waals surface area (Å²) >= 11 is 0. The molecule has 30 heavy (non-hydrogen) atoms. The second-order valence-corrected chi connectivity index (χ2v) is 8.06. The fraction of sp³-hybridized carbons (Fsp3) is 0.565. The molecule has 1 aromatic carbocycles. The quantitative estimate of drug-likeness (QED) is 0.624. The van der Waals surface area contributed by atoms with Gasteiger partial charge in [-0.15, -0.1) is 0 Å². The highest BCUT2D eigenvalue weighted by molar-refractivity contribution is 5.94. The number of carbonyl (C=O) groups is 1. The van der Waals surface area contributed by atoms with Gasteiger partial charge in [-0.25, -0.2) is 9.18 Å². The van der Waals surface area contributed by atoms with Crippen LogP contribution in [0.4, 0.5) is 4.39 Å². The Morgan fingerprint density at radius 2 is 2.10 bits per heavy atom. The number of rotatable bonds is 7. The molecule has 1 saturated heterocycles. The van der Waals surface area contributed by atoms with E-state index in [-0.39, 0.29) is 30.4 Å². The molecule has 0 spiro atoms. The number of fused-ring (bicyclic) bond motifs is 1. The molecule has 6 nitrogen and oxygen atoms in total. The van der Waals surface area contributed by atoms with Crippen LogP contribution in [-0.2, 0) is 14.2 Å². The molecule has 0 radical (unpaired) electrons. The van der Waals surface area contributed by atoms with Crippen molar-refractivity contribution in [3.05, 3.63) is 45.5 Å². The van der Waals surface area contributed by atoms with Crippen molar-refractivity contribution in [3.63, 3.8) is 0 Å². The minimum atomic E-state index is -0.681. The van der Waals surface area contributed by atoms with Gasteiger partial charge >= 0.3 is 5.97 Å². The third kappa shape index (κ3) is 4.73. The number of ether oxygens (including phenoxy) is 3. The monoisotopic (exact) mass is 419 g/mol. The van der Waals surface area contributed by atoms with Gasteiger partial charge in [0.15, 0.2) is 6.29 Å². The van der Waals surface area contributed by atoms with E-state index in [1.54, 1.807) is 18.4 Å². The molecule has 0 amide bonds. The molecule has 2 unspecified atom stereocenters. The summed E-state index contributed by atoms with van der Waals surface area (Å²) in [7, 11) is 0. The van der Waals surface area contributed by atoms with Crippen LogP contribution in [0.3, 0.4) is 0 Å². The molecule has 0 saturated carbocycles. The number of aryl methyl sites for hydroxylation is 1. The molecule has 1 aliphatic heterocycles. The summed E-state index contributed by atoms with van der Waals surface area (Å²) in [6.45, 7) is 8.48. The number of pyridine rings is 1. The number of benzene rings is 1. The first-order valence-corrected chi connectivity index (χ1v) is 10.6. The fourth-order valence-corrected chi connectivity index (χ4v) is 3.75. The van der Waals surface area contributed by atoms with Gasteiger partial charge < -0.3 is 18.8 Å². The van der Waals surface area contributed by atoms with Crippen molar-refractivity contribution in [1.29, 1.82) is 0 Å². The van der Waals surface area contributed by atoms with E-state index in [0.717, 1.165) is 19.3 Å². The average Bonchev–Trinajstić information content (AvgIpc) is 2.71. The molecule has 1 fully saturated rings. The van der Waals surface area contributed by atoms with Crippen LogP contribution in [0.5, 0.6) is 0 Å². The van der Waals surface area contributed by atoms with Crippen LogP contribution in [0.15, 0.2) is 23.1 Å². The third-order valence-corrected chi connectivity index (χ3v) is 5.53. The Morgan fingerprint density at radius 1 is 1.33 bits per heavy atom. The number of hydrogen-bond acceptors (Lipinski definition) is 5. The molecule has 0 aliphatic carbocycles. The first-order chi connectivity index (χ1) is 14.3. The highest BCUT2D eigenvalue weighted by Crippen LogP contribution is 2.27. The lowest BCUT2D eigenvalue weighted by Gasteiger charge is -2.30. The third-order valence-electron chi connectivity index (χ3n) is 5.53. The predicted octanol–water partition coefficient (Wildman–Crippen LogP) is 4.37. The molecule has 1 aliphatic rings. The van der Waals surface area contributed by atoms with Crippen molar-refractivity contribution in [2.24, 2.45) is 5.92 Å². The van der Waals surface area contributed by atoms with Crippen molar-refractivity contribution >= 4 is 16.9 Å². The van der Waals surface area contributed by atoms with Crippen LogP contribution in [0.1, 0.15) is 62.0 Å². The van der Waals surface area contributed by atoms with Crippen molar-refractivity contribution in [2.45, 2.75) is 59.3 Å². The summed E-state index contributed by atoms with van der Waals surface area (Å²) in [6, 6.07) is 2.62. The van der Waals surface area contributed by atoms with Gasteiger partial charge in [-0.05, 0) is 56.7 Å². The van der Waals surface area contributed by atoms with Crippen molar-refractivity contribution < 1.29 is 23.4 Å². The standard InChI is InChI=1S/C23H30FNO5/c1-5-28-23(27)17-12-25(19-11-18(24)15(4)10-16(19)22(17)26)20(14(2)3)13-30-21-8-6-7-9-29-21/h10-12,14,20-21H,5-9,13H2,1-4H3. The maximum atomic E-state index is 14.4. The molecule has 2 heterocycles. The lowest BCUT2D eigenvalue weighted by molar-refractivity contribution is -0.169. The maximum Gasteiger partial charge on any atom is 0.343 e. The van der Waals surface area contributed by atoms with E-state index in [2.05, 4.69) is 0 Å². The summed E-state index contributed by atoms with van der Waals surface area (Å²) < 4.78 is 33.0. The Kier molecular flexibility index (Phi) is 7.26. The van der Waals surface area contributed by atoms with Crippen LogP contribution >= 0.6 is 0 Å². The summed E-state index contributed by atoms with van der Waals surface area (Å²) in [5.41, 5.74) is 0.264. The highest BCUT2D eigenvalue weighted by atomic mass is 19.1. The molecule has 3 rings (SSSR count). The second-order valence-electron chi connectivity index (χ2n) is 8.06. The van der Waals surface area contributed by atoms with Gasteiger partial charge in [0, 0.05) is 18.2 Å². The van der Waals surface area contributed by atoms with Gasteiger partial charge in [0.05, 0.1) is 24.8 Å². The number of aromatic nitrogens is 1. The van der Waals surface area contributed by atoms with E-state index < -0.39 is 17.2 Å². The van der Waals surface area contributed by atoms with Gasteiger partial charge in [-0.3, -0.25) is 4.79 Å². The normalized spacial score (nSPS) is 18.0. The zero-order chi connectivity index (χ0) is 21.8. The smallest absolute Gasteiger partial charge is 0.343 e. The maximum absolute atomic E-state index is 14.4. The first-order valence-electron chi connectivity index (χ1n) is 10.6. The molecule has 2 atom stereocenters. The van der Waals surface area contributed by atoms with Gasteiger partial charge in [0.25, 0.3) is 0 Å².